The van der Waals surface area contributed by atoms with Crippen LogP contribution < -0.4 is 4.90 Å². The van der Waals surface area contributed by atoms with Gasteiger partial charge >= 0.3 is 0 Å². The maximum Gasteiger partial charge on any atom is 0.0547 e. The van der Waals surface area contributed by atoms with Crippen LogP contribution in [0.4, 0.5) is 17.1 Å². The van der Waals surface area contributed by atoms with Gasteiger partial charge in [0.1, 0.15) is 0 Å². The fourth-order valence-corrected chi connectivity index (χ4v) is 11.1. The van der Waals surface area contributed by atoms with Crippen molar-refractivity contribution in [1.82, 2.24) is 4.57 Å². The van der Waals surface area contributed by atoms with Crippen LogP contribution in [0.25, 0.3) is 93.5 Å². The predicted octanol–water partition coefficient (Wildman–Crippen LogP) is 17.9. The van der Waals surface area contributed by atoms with E-state index < -0.39 is 0 Å². The monoisotopic (exact) mass is 854 g/mol. The molecule has 1 aliphatic carbocycles. The summed E-state index contributed by atoms with van der Waals surface area (Å²) in [6.07, 6.45) is 0. The number of nitrogens with zero attached hydrogens (tertiary/aromatic N) is 2. The van der Waals surface area contributed by atoms with Crippen LogP contribution in [0.2, 0.25) is 0 Å². The molecule has 0 saturated heterocycles. The molecule has 67 heavy (non-hydrogen) atoms. The van der Waals surface area contributed by atoms with Crippen LogP contribution in [0, 0.1) is 0 Å². The molecule has 13 rings (SSSR count). The Morgan fingerprint density at radius 3 is 1.76 bits per heavy atom. The Balaban J connectivity index is 0.962. The molecule has 1 aliphatic rings. The highest BCUT2D eigenvalue weighted by Gasteiger charge is 2.36. The van der Waals surface area contributed by atoms with Gasteiger partial charge in [-0.2, -0.15) is 0 Å². The molecule has 1 aromatic heterocycles. The molecule has 0 bridgehead atoms. The van der Waals surface area contributed by atoms with Gasteiger partial charge in [-0.1, -0.05) is 190 Å². The first-order chi connectivity index (χ1) is 33.0. The summed E-state index contributed by atoms with van der Waals surface area (Å²) in [6.45, 7) is 4.77. The number of hydrogen-bond acceptors (Lipinski definition) is 1. The van der Waals surface area contributed by atoms with Crippen molar-refractivity contribution in [2.24, 2.45) is 0 Å². The Kier molecular flexibility index (Phi) is 8.91. The van der Waals surface area contributed by atoms with Crippen LogP contribution >= 0.6 is 0 Å². The van der Waals surface area contributed by atoms with Gasteiger partial charge in [0.15, 0.2) is 0 Å². The largest absolute Gasteiger partial charge is 0.310 e. The molecule has 0 N–H and O–H groups in total. The van der Waals surface area contributed by atoms with E-state index in [1.807, 2.05) is 0 Å². The Labute approximate surface area is 391 Å². The molecule has 0 fully saturated rings. The van der Waals surface area contributed by atoms with E-state index in [9.17, 15) is 0 Å². The zero-order chi connectivity index (χ0) is 44.6. The van der Waals surface area contributed by atoms with Gasteiger partial charge in [0.2, 0.25) is 0 Å². The maximum atomic E-state index is 2.45. The van der Waals surface area contributed by atoms with E-state index in [4.69, 9.17) is 0 Å². The Hall–Kier alpha value is -8.46. The smallest absolute Gasteiger partial charge is 0.0547 e. The van der Waals surface area contributed by atoms with Crippen molar-refractivity contribution in [3.63, 3.8) is 0 Å². The summed E-state index contributed by atoms with van der Waals surface area (Å²) in [5.41, 5.74) is 19.3. The van der Waals surface area contributed by atoms with Crippen LogP contribution in [-0.2, 0) is 5.41 Å². The van der Waals surface area contributed by atoms with Gasteiger partial charge in [-0.15, -0.1) is 0 Å². The third-order valence-electron chi connectivity index (χ3n) is 14.4. The van der Waals surface area contributed by atoms with Gasteiger partial charge in [0.25, 0.3) is 0 Å². The molecule has 12 aromatic rings. The van der Waals surface area contributed by atoms with Crippen molar-refractivity contribution in [2.45, 2.75) is 19.3 Å². The van der Waals surface area contributed by atoms with Crippen molar-refractivity contribution < 1.29 is 0 Å². The normalized spacial score (nSPS) is 12.7. The van der Waals surface area contributed by atoms with Gasteiger partial charge < -0.3 is 9.47 Å². The molecule has 316 valence electrons. The van der Waals surface area contributed by atoms with E-state index in [2.05, 4.69) is 266 Å². The minimum absolute atomic E-state index is 0.202. The number of fused-ring (bicyclic) bond motifs is 9. The van der Waals surface area contributed by atoms with Gasteiger partial charge in [-0.05, 0) is 144 Å². The van der Waals surface area contributed by atoms with Crippen molar-refractivity contribution in [3.8, 4) is 50.2 Å². The van der Waals surface area contributed by atoms with Crippen molar-refractivity contribution in [2.75, 3.05) is 4.90 Å². The SMILES string of the molecule is CC1(C)c2cc(-c3ccccc3)ccc2-c2ccc(N(c3ccc(-c4cccc5c4c4ccccc4n5-c4ccccc4)cc3)c3cccc(-c4cccc5c4ccc4ccccc45)c3)cc21. The molecule has 0 radical (unpaired) electrons. The van der Waals surface area contributed by atoms with Crippen molar-refractivity contribution >= 4 is 60.4 Å². The average Bonchev–Trinajstić information content (AvgIpc) is 3.85. The molecule has 0 saturated carbocycles. The van der Waals surface area contributed by atoms with Crippen LogP contribution in [0.5, 0.6) is 0 Å². The van der Waals surface area contributed by atoms with Crippen molar-refractivity contribution in [3.05, 3.63) is 254 Å². The average molecular weight is 855 g/mol. The molecule has 1 heterocycles. The Bertz CT molecular complexity index is 3880. The molecule has 2 nitrogen and oxygen atoms in total. The first-order valence-electron chi connectivity index (χ1n) is 23.3. The molecular weight excluding hydrogens is 809 g/mol. The Morgan fingerprint density at radius 1 is 0.328 bits per heavy atom. The second kappa shape index (κ2) is 15.3. The van der Waals surface area contributed by atoms with Crippen LogP contribution in [0.15, 0.2) is 243 Å². The summed E-state index contributed by atoms with van der Waals surface area (Å²) in [7, 11) is 0. The third-order valence-corrected chi connectivity index (χ3v) is 14.4. The van der Waals surface area contributed by atoms with Crippen molar-refractivity contribution in [1.29, 1.82) is 0 Å². The summed E-state index contributed by atoms with van der Waals surface area (Å²) in [6, 6.07) is 89.4. The first-order valence-corrected chi connectivity index (χ1v) is 23.3. The molecular formula is C65H46N2. The van der Waals surface area contributed by atoms with E-state index in [0.717, 1.165) is 22.7 Å². The number of para-hydroxylation sites is 2. The number of rotatable bonds is 7. The lowest BCUT2D eigenvalue weighted by Gasteiger charge is -2.29. The van der Waals surface area contributed by atoms with E-state index in [0.29, 0.717) is 0 Å². The molecule has 0 atom stereocenters. The quantitative estimate of drug-likeness (QED) is 0.145. The number of benzene rings is 11. The zero-order valence-electron chi connectivity index (χ0n) is 37.5. The van der Waals surface area contributed by atoms with E-state index >= 15 is 0 Å². The summed E-state index contributed by atoms with van der Waals surface area (Å²) in [5, 5.41) is 7.57. The number of anilines is 3. The first kappa shape index (κ1) is 39.0. The topological polar surface area (TPSA) is 8.17 Å². The molecule has 11 aromatic carbocycles. The fourth-order valence-electron chi connectivity index (χ4n) is 11.1. The molecule has 0 spiro atoms. The summed E-state index contributed by atoms with van der Waals surface area (Å²) in [4.78, 5) is 2.45. The maximum absolute atomic E-state index is 2.45. The van der Waals surface area contributed by atoms with Gasteiger partial charge in [-0.25, -0.2) is 0 Å². The fraction of sp³-hybridized carbons (Fsp3) is 0.0462. The van der Waals surface area contributed by atoms with E-state index in [1.54, 1.807) is 0 Å². The van der Waals surface area contributed by atoms with Gasteiger partial charge in [-0.3, -0.25) is 0 Å². The highest BCUT2D eigenvalue weighted by Crippen LogP contribution is 2.52. The lowest BCUT2D eigenvalue weighted by Crippen LogP contribution is -2.16. The molecule has 2 heteroatoms. The lowest BCUT2D eigenvalue weighted by molar-refractivity contribution is 0.660. The van der Waals surface area contributed by atoms with E-state index in [-0.39, 0.29) is 5.41 Å². The van der Waals surface area contributed by atoms with Crippen LogP contribution in [0.1, 0.15) is 25.0 Å². The highest BCUT2D eigenvalue weighted by molar-refractivity contribution is 6.16. The minimum atomic E-state index is -0.202. The molecule has 0 amide bonds. The summed E-state index contributed by atoms with van der Waals surface area (Å²) >= 11 is 0. The second-order valence-corrected chi connectivity index (χ2v) is 18.5. The summed E-state index contributed by atoms with van der Waals surface area (Å²) in [5.74, 6) is 0. The Morgan fingerprint density at radius 2 is 0.925 bits per heavy atom. The summed E-state index contributed by atoms with van der Waals surface area (Å²) < 4.78 is 2.39. The van der Waals surface area contributed by atoms with Crippen LogP contribution in [0.3, 0.4) is 0 Å². The molecule has 0 unspecified atom stereocenters. The second-order valence-electron chi connectivity index (χ2n) is 18.5. The third kappa shape index (κ3) is 6.25. The standard InChI is InChI=1S/C65H46N2/c1-65(2)60-41-46(43-16-5-3-6-17-43)33-38-57(60)58-39-36-51(42-61(58)65)66(50-22-13-19-47(40-50)53-25-14-27-55-52-23-10-9-18-44(52)32-37-56(53)55)49-34-30-45(31-35-49)54-26-15-29-63-64(54)59-24-11-12-28-62(59)67(63)48-20-7-4-8-21-48/h3-42H,1-2H3. The minimum Gasteiger partial charge on any atom is -0.310 e. The predicted molar refractivity (Wildman–Crippen MR) is 284 cm³/mol. The van der Waals surface area contributed by atoms with Crippen LogP contribution in [-0.4, -0.2) is 4.57 Å². The highest BCUT2D eigenvalue weighted by atomic mass is 15.1. The lowest BCUT2D eigenvalue weighted by atomic mass is 9.81. The number of hydrogen-bond donors (Lipinski definition) is 0. The van der Waals surface area contributed by atoms with Gasteiger partial charge in [0, 0.05) is 38.9 Å². The van der Waals surface area contributed by atoms with E-state index in [1.165, 1.54) is 99.0 Å². The van der Waals surface area contributed by atoms with Gasteiger partial charge in [0.05, 0.1) is 11.0 Å². The number of aromatic nitrogens is 1. The zero-order valence-corrected chi connectivity index (χ0v) is 37.5. The molecule has 0 aliphatic heterocycles.